The third-order valence-electron chi connectivity index (χ3n) is 2.41. The second kappa shape index (κ2) is 6.53. The number of nitrogens with zero attached hydrogens (tertiary/aromatic N) is 2. The van der Waals surface area contributed by atoms with Gasteiger partial charge < -0.3 is 10.1 Å². The Morgan fingerprint density at radius 2 is 2.21 bits per heavy atom. The van der Waals surface area contributed by atoms with E-state index in [4.69, 9.17) is 4.74 Å². The number of aromatic nitrogens is 2. The van der Waals surface area contributed by atoms with Crippen LogP contribution in [0.15, 0.2) is 18.2 Å². The molecule has 0 unspecified atom stereocenters. The first kappa shape index (κ1) is 13.8. The van der Waals surface area contributed by atoms with Crippen molar-refractivity contribution in [3.63, 3.8) is 0 Å². The van der Waals surface area contributed by atoms with Crippen LogP contribution in [0.5, 0.6) is 0 Å². The van der Waals surface area contributed by atoms with Gasteiger partial charge in [0, 0.05) is 37.7 Å². The molecule has 0 aliphatic rings. The number of benzene rings is 1. The van der Waals surface area contributed by atoms with Gasteiger partial charge in [-0.3, -0.25) is 0 Å². The summed E-state index contributed by atoms with van der Waals surface area (Å²) in [6, 6.07) is 3.49. The summed E-state index contributed by atoms with van der Waals surface area (Å²) >= 11 is 1.20. The van der Waals surface area contributed by atoms with E-state index in [9.17, 15) is 8.78 Å². The van der Waals surface area contributed by atoms with E-state index in [0.29, 0.717) is 29.7 Å². The molecule has 2 rings (SSSR count). The summed E-state index contributed by atoms with van der Waals surface area (Å²) < 4.78 is 35.3. The molecule has 1 heterocycles. The molecule has 1 N–H and O–H groups in total. The molecule has 19 heavy (non-hydrogen) atoms. The molecule has 0 bridgehead atoms. The molecule has 2 aromatic rings. The number of anilines is 1. The predicted octanol–water partition coefficient (Wildman–Crippen LogP) is 2.47. The smallest absolute Gasteiger partial charge is 0.202 e. The van der Waals surface area contributed by atoms with Gasteiger partial charge in [0.05, 0.1) is 6.61 Å². The fourth-order valence-corrected chi connectivity index (χ4v) is 2.10. The van der Waals surface area contributed by atoms with Crippen molar-refractivity contribution in [3.05, 3.63) is 41.2 Å². The highest BCUT2D eigenvalue weighted by molar-refractivity contribution is 7.09. The van der Waals surface area contributed by atoms with Gasteiger partial charge in [0.1, 0.15) is 17.5 Å². The van der Waals surface area contributed by atoms with Crippen molar-refractivity contribution >= 4 is 16.7 Å². The van der Waals surface area contributed by atoms with Gasteiger partial charge in [-0.2, -0.15) is 4.37 Å². The van der Waals surface area contributed by atoms with E-state index in [-0.39, 0.29) is 6.42 Å². The Bertz CT molecular complexity index is 548. The first-order chi connectivity index (χ1) is 9.19. The van der Waals surface area contributed by atoms with Gasteiger partial charge in [-0.1, -0.05) is 6.07 Å². The van der Waals surface area contributed by atoms with E-state index in [2.05, 4.69) is 14.7 Å². The molecule has 4 nitrogen and oxygen atoms in total. The van der Waals surface area contributed by atoms with E-state index in [1.54, 1.807) is 7.11 Å². The highest BCUT2D eigenvalue weighted by Gasteiger charge is 2.09. The van der Waals surface area contributed by atoms with Crippen LogP contribution in [0.1, 0.15) is 11.4 Å². The molecule has 0 radical (unpaired) electrons. The average Bonchev–Trinajstić information content (AvgIpc) is 2.81. The molecule has 1 aromatic carbocycles. The molecule has 1 aromatic heterocycles. The van der Waals surface area contributed by atoms with Crippen LogP contribution in [0.4, 0.5) is 13.9 Å². The molecule has 102 valence electrons. The molecule has 0 fully saturated rings. The lowest BCUT2D eigenvalue weighted by atomic mass is 10.1. The SMILES string of the molecule is COCCNc1nc(Cc2ccc(F)cc2F)ns1. The quantitative estimate of drug-likeness (QED) is 0.828. The maximum absolute atomic E-state index is 13.5. The third kappa shape index (κ3) is 3.93. The number of hydrogen-bond acceptors (Lipinski definition) is 5. The Kier molecular flexibility index (Phi) is 4.75. The van der Waals surface area contributed by atoms with Crippen LogP contribution in [0, 0.1) is 11.6 Å². The monoisotopic (exact) mass is 285 g/mol. The Labute approximate surface area is 113 Å². The topological polar surface area (TPSA) is 47.0 Å². The van der Waals surface area contributed by atoms with Gasteiger partial charge in [-0.25, -0.2) is 13.8 Å². The summed E-state index contributed by atoms with van der Waals surface area (Å²) in [5.74, 6) is -0.659. The number of rotatable bonds is 6. The minimum atomic E-state index is -0.589. The van der Waals surface area contributed by atoms with Crippen molar-refractivity contribution in [1.29, 1.82) is 0 Å². The lowest BCUT2D eigenvalue weighted by Crippen LogP contribution is -2.07. The van der Waals surface area contributed by atoms with Gasteiger partial charge >= 0.3 is 0 Å². The zero-order chi connectivity index (χ0) is 13.7. The first-order valence-corrected chi connectivity index (χ1v) is 6.45. The Balaban J connectivity index is 1.99. The summed E-state index contributed by atoms with van der Waals surface area (Å²) in [4.78, 5) is 4.22. The summed E-state index contributed by atoms with van der Waals surface area (Å²) in [6.07, 6.45) is 0.245. The molecular formula is C12H13F2N3OS. The third-order valence-corrected chi connectivity index (χ3v) is 3.12. The highest BCUT2D eigenvalue weighted by Crippen LogP contribution is 2.16. The Morgan fingerprint density at radius 3 is 2.95 bits per heavy atom. The molecule has 0 spiro atoms. The fourth-order valence-electron chi connectivity index (χ4n) is 1.49. The summed E-state index contributed by atoms with van der Waals surface area (Å²) in [6.45, 7) is 1.21. The van der Waals surface area contributed by atoms with E-state index in [1.165, 1.54) is 23.7 Å². The number of nitrogens with one attached hydrogen (secondary N) is 1. The van der Waals surface area contributed by atoms with Gasteiger partial charge in [0.25, 0.3) is 0 Å². The van der Waals surface area contributed by atoms with Gasteiger partial charge in [-0.05, 0) is 11.6 Å². The maximum Gasteiger partial charge on any atom is 0.202 e. The second-order valence-electron chi connectivity index (χ2n) is 3.85. The number of halogens is 2. The predicted molar refractivity (Wildman–Crippen MR) is 69.4 cm³/mol. The van der Waals surface area contributed by atoms with E-state index in [1.807, 2.05) is 0 Å². The second-order valence-corrected chi connectivity index (χ2v) is 4.60. The maximum atomic E-state index is 13.5. The van der Waals surface area contributed by atoms with Crippen LogP contribution in [-0.2, 0) is 11.2 Å². The molecule has 0 aliphatic heterocycles. The minimum absolute atomic E-state index is 0.245. The van der Waals surface area contributed by atoms with Crippen molar-refractivity contribution in [1.82, 2.24) is 9.36 Å². The lowest BCUT2D eigenvalue weighted by molar-refractivity contribution is 0.211. The number of methoxy groups -OCH3 is 1. The van der Waals surface area contributed by atoms with Crippen LogP contribution in [-0.4, -0.2) is 29.6 Å². The highest BCUT2D eigenvalue weighted by atomic mass is 32.1. The number of hydrogen-bond donors (Lipinski definition) is 1. The molecule has 0 saturated carbocycles. The first-order valence-electron chi connectivity index (χ1n) is 5.68. The zero-order valence-electron chi connectivity index (χ0n) is 10.3. The van der Waals surface area contributed by atoms with Gasteiger partial charge in [0.2, 0.25) is 5.13 Å². The van der Waals surface area contributed by atoms with Crippen molar-refractivity contribution in [2.45, 2.75) is 6.42 Å². The Morgan fingerprint density at radius 1 is 1.37 bits per heavy atom. The zero-order valence-corrected chi connectivity index (χ0v) is 11.1. The van der Waals surface area contributed by atoms with Crippen molar-refractivity contribution in [2.75, 3.05) is 25.6 Å². The Hall–Kier alpha value is -1.60. The van der Waals surface area contributed by atoms with Crippen LogP contribution >= 0.6 is 11.5 Å². The number of ether oxygens (including phenoxy) is 1. The average molecular weight is 285 g/mol. The van der Waals surface area contributed by atoms with Gasteiger partial charge in [0.15, 0.2) is 0 Å². The van der Waals surface area contributed by atoms with Crippen molar-refractivity contribution < 1.29 is 13.5 Å². The molecule has 0 aliphatic carbocycles. The summed E-state index contributed by atoms with van der Waals surface area (Å²) in [5, 5.41) is 3.70. The normalized spacial score (nSPS) is 10.7. The molecule has 0 amide bonds. The largest absolute Gasteiger partial charge is 0.383 e. The summed E-state index contributed by atoms with van der Waals surface area (Å²) in [7, 11) is 1.62. The molecule has 7 heteroatoms. The fraction of sp³-hybridized carbons (Fsp3) is 0.333. The van der Waals surface area contributed by atoms with E-state index < -0.39 is 11.6 Å². The standard InChI is InChI=1S/C12H13F2N3OS/c1-18-5-4-15-12-16-11(17-19-12)6-8-2-3-9(13)7-10(8)14/h2-3,7H,4-6H2,1H3,(H,15,16,17). The minimum Gasteiger partial charge on any atom is -0.383 e. The lowest BCUT2D eigenvalue weighted by Gasteiger charge is -2.00. The van der Waals surface area contributed by atoms with Crippen LogP contribution in [0.2, 0.25) is 0 Å². The van der Waals surface area contributed by atoms with Gasteiger partial charge in [-0.15, -0.1) is 0 Å². The summed E-state index contributed by atoms with van der Waals surface area (Å²) in [5.41, 5.74) is 0.377. The molecular weight excluding hydrogens is 272 g/mol. The molecule has 0 atom stereocenters. The van der Waals surface area contributed by atoms with Crippen LogP contribution < -0.4 is 5.32 Å². The van der Waals surface area contributed by atoms with Crippen LogP contribution in [0.3, 0.4) is 0 Å². The van der Waals surface area contributed by atoms with Crippen molar-refractivity contribution in [2.24, 2.45) is 0 Å². The van der Waals surface area contributed by atoms with Crippen molar-refractivity contribution in [3.8, 4) is 0 Å². The van der Waals surface area contributed by atoms with E-state index in [0.717, 1.165) is 6.07 Å². The molecule has 0 saturated heterocycles. The van der Waals surface area contributed by atoms with E-state index >= 15 is 0 Å². The van der Waals surface area contributed by atoms with Crippen LogP contribution in [0.25, 0.3) is 0 Å².